The molecule has 2 N–H and O–H groups in total. The van der Waals surface area contributed by atoms with Gasteiger partial charge in [-0.15, -0.1) is 0 Å². The zero-order chi connectivity index (χ0) is 15.2. The predicted octanol–water partition coefficient (Wildman–Crippen LogP) is 0.549. The fraction of sp³-hybridized carbons (Fsp3) is 0.467. The molecule has 0 spiro atoms. The second kappa shape index (κ2) is 7.19. The molecule has 0 radical (unpaired) electrons. The van der Waals surface area contributed by atoms with Gasteiger partial charge in [-0.25, -0.2) is 0 Å². The van der Waals surface area contributed by atoms with E-state index in [1.165, 1.54) is 7.11 Å². The second-order valence-electron chi connectivity index (χ2n) is 4.93. The molecule has 6 nitrogen and oxygen atoms in total. The maximum Gasteiger partial charge on any atom is 0.308 e. The SMILES string of the molecule is COC(=O)CC1CN(C(=O)c2ccc(CN)cc2)CCO1. The first kappa shape index (κ1) is 15.5. The molecule has 1 atom stereocenters. The molecule has 0 aliphatic carbocycles. The number of ether oxygens (including phenoxy) is 2. The third-order valence-corrected chi connectivity index (χ3v) is 3.48. The first-order valence-electron chi connectivity index (χ1n) is 6.90. The molecule has 114 valence electrons. The third kappa shape index (κ3) is 4.03. The molecule has 1 aliphatic rings. The normalized spacial score (nSPS) is 18.4. The summed E-state index contributed by atoms with van der Waals surface area (Å²) in [6.45, 7) is 1.79. The van der Waals surface area contributed by atoms with Crippen LogP contribution in [0.25, 0.3) is 0 Å². The molecule has 1 fully saturated rings. The average Bonchev–Trinajstić information content (AvgIpc) is 2.54. The van der Waals surface area contributed by atoms with Gasteiger partial charge in [0.25, 0.3) is 5.91 Å². The number of hydrogen-bond acceptors (Lipinski definition) is 5. The summed E-state index contributed by atoms with van der Waals surface area (Å²) in [7, 11) is 1.34. The number of amides is 1. The minimum absolute atomic E-state index is 0.0586. The number of morpholine rings is 1. The molecular formula is C15H20N2O4. The molecule has 2 rings (SSSR count). The van der Waals surface area contributed by atoms with Crippen molar-refractivity contribution in [1.29, 1.82) is 0 Å². The van der Waals surface area contributed by atoms with Gasteiger partial charge in [0.2, 0.25) is 0 Å². The van der Waals surface area contributed by atoms with Crippen LogP contribution >= 0.6 is 0 Å². The molecule has 0 bridgehead atoms. The summed E-state index contributed by atoms with van der Waals surface area (Å²) in [5.74, 6) is -0.390. The van der Waals surface area contributed by atoms with Crippen molar-refractivity contribution in [2.24, 2.45) is 5.73 Å². The van der Waals surface area contributed by atoms with Gasteiger partial charge in [-0.3, -0.25) is 9.59 Å². The van der Waals surface area contributed by atoms with Gasteiger partial charge in [0.05, 0.1) is 26.2 Å². The minimum atomic E-state index is -0.332. The van der Waals surface area contributed by atoms with Crippen molar-refractivity contribution in [3.8, 4) is 0 Å². The lowest BCUT2D eigenvalue weighted by atomic mass is 10.1. The highest BCUT2D eigenvalue weighted by Gasteiger charge is 2.26. The van der Waals surface area contributed by atoms with Crippen LogP contribution in [0, 0.1) is 0 Å². The molecule has 1 aromatic carbocycles. The van der Waals surface area contributed by atoms with Crippen molar-refractivity contribution in [1.82, 2.24) is 4.90 Å². The summed E-state index contributed by atoms with van der Waals surface area (Å²) in [6.07, 6.45) is -0.148. The van der Waals surface area contributed by atoms with Crippen LogP contribution in [0.4, 0.5) is 0 Å². The lowest BCUT2D eigenvalue weighted by molar-refractivity contribution is -0.145. The minimum Gasteiger partial charge on any atom is -0.469 e. The highest BCUT2D eigenvalue weighted by atomic mass is 16.5. The van der Waals surface area contributed by atoms with Gasteiger partial charge < -0.3 is 20.1 Å². The fourth-order valence-electron chi connectivity index (χ4n) is 2.26. The Morgan fingerprint density at radius 3 is 2.71 bits per heavy atom. The topological polar surface area (TPSA) is 81.9 Å². The van der Waals surface area contributed by atoms with Crippen LogP contribution in [0.2, 0.25) is 0 Å². The van der Waals surface area contributed by atoms with Gasteiger partial charge in [-0.1, -0.05) is 12.1 Å². The summed E-state index contributed by atoms with van der Waals surface area (Å²) in [5.41, 5.74) is 7.14. The number of benzene rings is 1. The second-order valence-corrected chi connectivity index (χ2v) is 4.93. The average molecular weight is 292 g/mol. The van der Waals surface area contributed by atoms with Crippen LogP contribution in [0.3, 0.4) is 0 Å². The lowest BCUT2D eigenvalue weighted by Gasteiger charge is -2.32. The van der Waals surface area contributed by atoms with E-state index >= 15 is 0 Å². The number of esters is 1. The van der Waals surface area contributed by atoms with Crippen molar-refractivity contribution in [3.05, 3.63) is 35.4 Å². The van der Waals surface area contributed by atoms with E-state index in [0.29, 0.717) is 31.8 Å². The zero-order valence-corrected chi connectivity index (χ0v) is 12.1. The quantitative estimate of drug-likeness (QED) is 0.820. The van der Waals surface area contributed by atoms with Crippen molar-refractivity contribution >= 4 is 11.9 Å². The number of nitrogens with zero attached hydrogens (tertiary/aromatic N) is 1. The van der Waals surface area contributed by atoms with E-state index in [2.05, 4.69) is 4.74 Å². The molecule has 6 heteroatoms. The Labute approximate surface area is 123 Å². The molecule has 21 heavy (non-hydrogen) atoms. The highest BCUT2D eigenvalue weighted by Crippen LogP contribution is 2.14. The van der Waals surface area contributed by atoms with Crippen molar-refractivity contribution in [3.63, 3.8) is 0 Å². The van der Waals surface area contributed by atoms with Crippen LogP contribution in [0.1, 0.15) is 22.3 Å². The molecule has 1 saturated heterocycles. The molecule has 1 unspecified atom stereocenters. The van der Waals surface area contributed by atoms with Crippen LogP contribution in [-0.4, -0.2) is 49.7 Å². The Kier molecular flexibility index (Phi) is 5.30. The number of hydrogen-bond donors (Lipinski definition) is 1. The molecule has 1 aromatic rings. The van der Waals surface area contributed by atoms with Crippen LogP contribution in [0.15, 0.2) is 24.3 Å². The molecule has 1 amide bonds. The first-order valence-corrected chi connectivity index (χ1v) is 6.90. The van der Waals surface area contributed by atoms with E-state index in [4.69, 9.17) is 10.5 Å². The maximum absolute atomic E-state index is 12.4. The standard InChI is InChI=1S/C15H20N2O4/c1-20-14(18)8-13-10-17(6-7-21-13)15(19)12-4-2-11(9-16)3-5-12/h2-5,13H,6-10,16H2,1H3. The molecule has 1 heterocycles. The smallest absolute Gasteiger partial charge is 0.308 e. The largest absolute Gasteiger partial charge is 0.469 e. The Morgan fingerprint density at radius 2 is 2.10 bits per heavy atom. The maximum atomic E-state index is 12.4. The van der Waals surface area contributed by atoms with Gasteiger partial charge in [0.15, 0.2) is 0 Å². The Morgan fingerprint density at radius 1 is 1.38 bits per heavy atom. The molecule has 1 aliphatic heterocycles. The van der Waals surface area contributed by atoms with Gasteiger partial charge in [0.1, 0.15) is 0 Å². The fourth-order valence-corrected chi connectivity index (χ4v) is 2.26. The van der Waals surface area contributed by atoms with E-state index in [-0.39, 0.29) is 24.4 Å². The Bertz CT molecular complexity index is 501. The van der Waals surface area contributed by atoms with Gasteiger partial charge in [-0.05, 0) is 17.7 Å². The number of carbonyl (C=O) groups excluding carboxylic acids is 2. The van der Waals surface area contributed by atoms with Gasteiger partial charge >= 0.3 is 5.97 Å². The van der Waals surface area contributed by atoms with Crippen LogP contribution in [-0.2, 0) is 20.8 Å². The van der Waals surface area contributed by atoms with Crippen molar-refractivity contribution in [2.75, 3.05) is 26.8 Å². The van der Waals surface area contributed by atoms with Crippen molar-refractivity contribution < 1.29 is 19.1 Å². The van der Waals surface area contributed by atoms with E-state index in [1.807, 2.05) is 12.1 Å². The summed E-state index contributed by atoms with van der Waals surface area (Å²) < 4.78 is 10.1. The highest BCUT2D eigenvalue weighted by molar-refractivity contribution is 5.94. The van der Waals surface area contributed by atoms with E-state index in [0.717, 1.165) is 5.56 Å². The predicted molar refractivity (Wildman–Crippen MR) is 76.6 cm³/mol. The lowest BCUT2D eigenvalue weighted by Crippen LogP contribution is -2.46. The summed E-state index contributed by atoms with van der Waals surface area (Å²) in [5, 5.41) is 0. The van der Waals surface area contributed by atoms with Gasteiger partial charge in [0, 0.05) is 25.2 Å². The molecule has 0 aromatic heterocycles. The Hall–Kier alpha value is -1.92. The number of methoxy groups -OCH3 is 1. The number of nitrogens with two attached hydrogens (primary N) is 1. The number of rotatable bonds is 4. The summed E-state index contributed by atoms with van der Waals surface area (Å²) in [6, 6.07) is 7.24. The Balaban J connectivity index is 1.99. The monoisotopic (exact) mass is 292 g/mol. The van der Waals surface area contributed by atoms with Gasteiger partial charge in [-0.2, -0.15) is 0 Å². The van der Waals surface area contributed by atoms with Crippen LogP contribution < -0.4 is 5.73 Å². The number of carbonyl (C=O) groups is 2. The van der Waals surface area contributed by atoms with Crippen LogP contribution in [0.5, 0.6) is 0 Å². The van der Waals surface area contributed by atoms with E-state index < -0.39 is 0 Å². The van der Waals surface area contributed by atoms with E-state index in [1.54, 1.807) is 17.0 Å². The summed E-state index contributed by atoms with van der Waals surface area (Å²) in [4.78, 5) is 25.4. The van der Waals surface area contributed by atoms with E-state index in [9.17, 15) is 9.59 Å². The molecular weight excluding hydrogens is 272 g/mol. The zero-order valence-electron chi connectivity index (χ0n) is 12.1. The first-order chi connectivity index (χ1) is 10.1. The van der Waals surface area contributed by atoms with Crippen molar-refractivity contribution in [2.45, 2.75) is 19.1 Å². The molecule has 0 saturated carbocycles. The third-order valence-electron chi connectivity index (χ3n) is 3.48. The summed E-state index contributed by atoms with van der Waals surface area (Å²) >= 11 is 0.